The van der Waals surface area contributed by atoms with Gasteiger partial charge in [-0.15, -0.1) is 34.0 Å². The summed E-state index contributed by atoms with van der Waals surface area (Å²) in [4.78, 5) is 0. The number of aromatic nitrogens is 1. The van der Waals surface area contributed by atoms with Crippen LogP contribution in [0.15, 0.2) is 40.4 Å². The van der Waals surface area contributed by atoms with E-state index in [1.165, 1.54) is 25.4 Å². The zero-order valence-electron chi connectivity index (χ0n) is 8.21. The second-order valence-electron chi connectivity index (χ2n) is 3.56. The Hall–Kier alpha value is -1.10. The van der Waals surface area contributed by atoms with E-state index >= 15 is 0 Å². The van der Waals surface area contributed by atoms with Crippen LogP contribution in [0.5, 0.6) is 0 Å². The molecular formula is C12H7NS3. The van der Waals surface area contributed by atoms with Gasteiger partial charge in [0.25, 0.3) is 0 Å². The van der Waals surface area contributed by atoms with Gasteiger partial charge in [0, 0.05) is 0 Å². The second-order valence-corrected chi connectivity index (χ2v) is 6.32. The van der Waals surface area contributed by atoms with Gasteiger partial charge in [-0.05, 0) is 40.4 Å². The van der Waals surface area contributed by atoms with Gasteiger partial charge in [0.2, 0.25) is 0 Å². The van der Waals surface area contributed by atoms with Gasteiger partial charge in [-0.2, -0.15) is 0 Å². The zero-order valence-corrected chi connectivity index (χ0v) is 10.7. The minimum absolute atomic E-state index is 1.30. The lowest BCUT2D eigenvalue weighted by Crippen LogP contribution is -1.87. The van der Waals surface area contributed by atoms with E-state index in [4.69, 9.17) is 0 Å². The van der Waals surface area contributed by atoms with Gasteiger partial charge in [-0.25, -0.2) is 0 Å². The van der Waals surface area contributed by atoms with Crippen molar-refractivity contribution in [3.8, 4) is 5.00 Å². The number of nitrogens with zero attached hydrogens (tertiary/aromatic N) is 1. The van der Waals surface area contributed by atoms with Crippen LogP contribution in [0.3, 0.4) is 0 Å². The Morgan fingerprint density at radius 3 is 2.00 bits per heavy atom. The Balaban J connectivity index is 2.27. The maximum atomic E-state index is 2.36. The summed E-state index contributed by atoms with van der Waals surface area (Å²) in [5.41, 5.74) is 2.68. The molecule has 0 N–H and O–H groups in total. The fraction of sp³-hybridized carbons (Fsp3) is 0. The lowest BCUT2D eigenvalue weighted by atomic mass is 10.5. The Morgan fingerprint density at radius 2 is 1.44 bits per heavy atom. The molecule has 78 valence electrons. The Morgan fingerprint density at radius 1 is 0.750 bits per heavy atom. The summed E-state index contributed by atoms with van der Waals surface area (Å²) in [7, 11) is 0. The molecule has 0 spiro atoms. The van der Waals surface area contributed by atoms with E-state index in [0.717, 1.165) is 0 Å². The highest BCUT2D eigenvalue weighted by Gasteiger charge is 2.14. The monoisotopic (exact) mass is 261 g/mol. The van der Waals surface area contributed by atoms with Crippen LogP contribution in [0.25, 0.3) is 25.4 Å². The van der Waals surface area contributed by atoms with E-state index in [-0.39, 0.29) is 0 Å². The Bertz CT molecular complexity index is 707. The molecule has 1 nitrogen and oxygen atoms in total. The molecule has 0 atom stereocenters. The largest absolute Gasteiger partial charge is 0.299 e. The molecule has 0 bridgehead atoms. The highest BCUT2D eigenvalue weighted by atomic mass is 32.1. The van der Waals surface area contributed by atoms with Crippen molar-refractivity contribution in [2.75, 3.05) is 0 Å². The third kappa shape index (κ3) is 1.04. The summed E-state index contributed by atoms with van der Waals surface area (Å²) in [5, 5.41) is 7.78. The number of thiophene rings is 3. The van der Waals surface area contributed by atoms with Crippen molar-refractivity contribution in [3.05, 3.63) is 40.4 Å². The molecule has 0 saturated heterocycles. The number of hydrogen-bond acceptors (Lipinski definition) is 3. The predicted molar refractivity (Wildman–Crippen MR) is 74.4 cm³/mol. The van der Waals surface area contributed by atoms with Crippen LogP contribution < -0.4 is 0 Å². The molecule has 16 heavy (non-hydrogen) atoms. The van der Waals surface area contributed by atoms with E-state index in [2.05, 4.69) is 45.0 Å². The summed E-state index contributed by atoms with van der Waals surface area (Å²) < 4.78 is 5.19. The summed E-state index contributed by atoms with van der Waals surface area (Å²) in [6.45, 7) is 0. The summed E-state index contributed by atoms with van der Waals surface area (Å²) >= 11 is 5.46. The van der Waals surface area contributed by atoms with Crippen molar-refractivity contribution < 1.29 is 0 Å². The molecule has 0 fully saturated rings. The van der Waals surface area contributed by atoms with Crippen molar-refractivity contribution in [3.63, 3.8) is 0 Å². The fourth-order valence-corrected chi connectivity index (χ4v) is 4.76. The number of fused-ring (bicyclic) bond motifs is 3. The third-order valence-corrected chi connectivity index (χ3v) is 5.53. The minimum Gasteiger partial charge on any atom is -0.299 e. The Labute approximate surface area is 104 Å². The van der Waals surface area contributed by atoms with Crippen molar-refractivity contribution in [2.24, 2.45) is 0 Å². The number of rotatable bonds is 1. The Kier molecular flexibility index (Phi) is 1.80. The number of hydrogen-bond donors (Lipinski definition) is 0. The average molecular weight is 261 g/mol. The van der Waals surface area contributed by atoms with Gasteiger partial charge >= 0.3 is 0 Å². The van der Waals surface area contributed by atoms with Gasteiger partial charge in [-0.3, -0.25) is 4.57 Å². The molecule has 4 heterocycles. The first-order valence-electron chi connectivity index (χ1n) is 4.94. The van der Waals surface area contributed by atoms with E-state index in [9.17, 15) is 0 Å². The highest BCUT2D eigenvalue weighted by Crippen LogP contribution is 2.39. The lowest BCUT2D eigenvalue weighted by molar-refractivity contribution is 1.23. The first-order valence-corrected chi connectivity index (χ1v) is 7.58. The topological polar surface area (TPSA) is 4.93 Å². The first kappa shape index (κ1) is 8.98. The molecule has 0 aromatic carbocycles. The van der Waals surface area contributed by atoms with Crippen LogP contribution in [-0.4, -0.2) is 4.57 Å². The summed E-state index contributed by atoms with van der Waals surface area (Å²) in [6.07, 6.45) is 0. The molecule has 0 saturated carbocycles. The van der Waals surface area contributed by atoms with Gasteiger partial charge < -0.3 is 0 Å². The molecule has 0 aliphatic heterocycles. The quantitative estimate of drug-likeness (QED) is 0.456. The van der Waals surface area contributed by atoms with Crippen LogP contribution in [0.1, 0.15) is 0 Å². The SMILES string of the molecule is c1csc(-n2c3ccsc3c3sccc32)c1. The smallest absolute Gasteiger partial charge is 0.1000 e. The second kappa shape index (κ2) is 3.20. The maximum Gasteiger partial charge on any atom is 0.1000 e. The van der Waals surface area contributed by atoms with Gasteiger partial charge in [0.1, 0.15) is 0 Å². The van der Waals surface area contributed by atoms with Gasteiger partial charge in [0.05, 0.1) is 25.4 Å². The fourth-order valence-electron chi connectivity index (χ4n) is 2.06. The molecule has 4 rings (SSSR count). The van der Waals surface area contributed by atoms with Crippen molar-refractivity contribution >= 4 is 54.4 Å². The molecular weight excluding hydrogens is 254 g/mol. The van der Waals surface area contributed by atoms with Crippen molar-refractivity contribution in [1.29, 1.82) is 0 Å². The van der Waals surface area contributed by atoms with E-state index < -0.39 is 0 Å². The van der Waals surface area contributed by atoms with E-state index in [1.54, 1.807) is 11.3 Å². The van der Waals surface area contributed by atoms with Crippen LogP contribution >= 0.6 is 34.0 Å². The standard InChI is InChI=1S/C12H7NS3/c1-2-10(14-5-1)13-8-3-6-15-11(8)12-9(13)4-7-16-12/h1-7H. The molecule has 4 aromatic rings. The summed E-state index contributed by atoms with van der Waals surface area (Å²) in [5.74, 6) is 0. The molecule has 0 radical (unpaired) electrons. The first-order chi connectivity index (χ1) is 7.95. The maximum absolute atomic E-state index is 2.36. The summed E-state index contributed by atoms with van der Waals surface area (Å²) in [6, 6.07) is 8.72. The van der Waals surface area contributed by atoms with Crippen molar-refractivity contribution in [2.45, 2.75) is 0 Å². The molecule has 0 unspecified atom stereocenters. The lowest BCUT2D eigenvalue weighted by Gasteiger charge is -2.00. The minimum atomic E-state index is 1.30. The molecule has 0 aliphatic rings. The molecule has 0 amide bonds. The highest BCUT2D eigenvalue weighted by molar-refractivity contribution is 7.25. The third-order valence-electron chi connectivity index (χ3n) is 2.70. The average Bonchev–Trinajstić information content (AvgIpc) is 3.00. The van der Waals surface area contributed by atoms with Crippen LogP contribution in [0, 0.1) is 0 Å². The van der Waals surface area contributed by atoms with Crippen LogP contribution in [0.2, 0.25) is 0 Å². The van der Waals surface area contributed by atoms with E-state index in [0.29, 0.717) is 0 Å². The zero-order chi connectivity index (χ0) is 10.5. The van der Waals surface area contributed by atoms with Crippen LogP contribution in [0.4, 0.5) is 0 Å². The predicted octanol–water partition coefficient (Wildman–Crippen LogP) is 4.97. The van der Waals surface area contributed by atoms with Gasteiger partial charge in [0.15, 0.2) is 0 Å². The van der Waals surface area contributed by atoms with Crippen molar-refractivity contribution in [1.82, 2.24) is 4.57 Å². The molecule has 0 aliphatic carbocycles. The molecule has 4 aromatic heterocycles. The van der Waals surface area contributed by atoms with Gasteiger partial charge in [-0.1, -0.05) is 0 Å². The molecule has 4 heteroatoms. The van der Waals surface area contributed by atoms with Crippen LogP contribution in [-0.2, 0) is 0 Å². The van der Waals surface area contributed by atoms with E-state index in [1.807, 2.05) is 22.7 Å². The normalized spacial score (nSPS) is 11.8.